The quantitative estimate of drug-likeness (QED) is 0.884. The highest BCUT2D eigenvalue weighted by Crippen LogP contribution is 2.24. The van der Waals surface area contributed by atoms with Crippen LogP contribution in [0, 0.1) is 6.92 Å². The highest BCUT2D eigenvalue weighted by Gasteiger charge is 2.24. The maximum absolute atomic E-state index is 6.35. The fourth-order valence-corrected chi connectivity index (χ4v) is 2.74. The summed E-state index contributed by atoms with van der Waals surface area (Å²) >= 11 is 0. The summed E-state index contributed by atoms with van der Waals surface area (Å²) in [7, 11) is 2.12. The van der Waals surface area contributed by atoms with E-state index in [-0.39, 0.29) is 12.1 Å². The summed E-state index contributed by atoms with van der Waals surface area (Å²) in [5, 5.41) is 0. The van der Waals surface area contributed by atoms with Crippen LogP contribution in [0.25, 0.3) is 0 Å². The second kappa shape index (κ2) is 7.34. The number of hydrogen-bond donors (Lipinski definition) is 1. The number of aromatic nitrogens is 1. The third-order valence-corrected chi connectivity index (χ3v) is 3.86. The third kappa shape index (κ3) is 4.13. The Morgan fingerprint density at radius 1 is 1.19 bits per heavy atom. The molecule has 3 heteroatoms. The van der Waals surface area contributed by atoms with Gasteiger partial charge >= 0.3 is 0 Å². The second-order valence-corrected chi connectivity index (χ2v) is 5.68. The van der Waals surface area contributed by atoms with Crippen molar-refractivity contribution in [3.05, 3.63) is 65.5 Å². The van der Waals surface area contributed by atoms with Crippen molar-refractivity contribution >= 4 is 0 Å². The van der Waals surface area contributed by atoms with E-state index < -0.39 is 0 Å². The molecule has 0 aliphatic carbocycles. The predicted octanol–water partition coefficient (Wildman–Crippen LogP) is 3.30. The van der Waals surface area contributed by atoms with Crippen LogP contribution in [0.1, 0.15) is 36.2 Å². The van der Waals surface area contributed by atoms with Gasteiger partial charge < -0.3 is 5.73 Å². The molecule has 0 amide bonds. The normalized spacial score (nSPS) is 14.1. The molecule has 112 valence electrons. The molecule has 0 saturated carbocycles. The average Bonchev–Trinajstić information content (AvgIpc) is 2.48. The van der Waals surface area contributed by atoms with Gasteiger partial charge in [-0.2, -0.15) is 0 Å². The van der Waals surface area contributed by atoms with Gasteiger partial charge in [-0.15, -0.1) is 0 Å². The average molecular weight is 283 g/mol. The minimum absolute atomic E-state index is 0.0784. The van der Waals surface area contributed by atoms with E-state index in [9.17, 15) is 0 Å². The van der Waals surface area contributed by atoms with Gasteiger partial charge in [0.1, 0.15) is 0 Å². The van der Waals surface area contributed by atoms with Crippen molar-refractivity contribution in [2.75, 3.05) is 7.05 Å². The first kappa shape index (κ1) is 15.7. The van der Waals surface area contributed by atoms with Gasteiger partial charge in [0, 0.05) is 18.8 Å². The molecular formula is C18H25N3. The fraction of sp³-hybridized carbons (Fsp3) is 0.389. The standard InChI is InChI=1S/C18H25N3/c1-4-16(19)18(17-10-5-6-11-20-17)21(3)13-15-9-7-8-14(2)12-15/h5-12,16,18H,4,13,19H2,1-3H3. The van der Waals surface area contributed by atoms with Crippen molar-refractivity contribution < 1.29 is 0 Å². The largest absolute Gasteiger partial charge is 0.326 e. The van der Waals surface area contributed by atoms with Crippen molar-refractivity contribution in [3.63, 3.8) is 0 Å². The summed E-state index contributed by atoms with van der Waals surface area (Å²) in [5.41, 5.74) is 9.99. The summed E-state index contributed by atoms with van der Waals surface area (Å²) < 4.78 is 0. The van der Waals surface area contributed by atoms with Gasteiger partial charge in [0.25, 0.3) is 0 Å². The monoisotopic (exact) mass is 283 g/mol. The van der Waals surface area contributed by atoms with Crippen LogP contribution < -0.4 is 5.73 Å². The number of aryl methyl sites for hydroxylation is 1. The molecule has 1 aromatic carbocycles. The number of rotatable bonds is 6. The van der Waals surface area contributed by atoms with Crippen LogP contribution in [0.4, 0.5) is 0 Å². The molecule has 3 nitrogen and oxygen atoms in total. The van der Waals surface area contributed by atoms with Crippen LogP contribution in [0.2, 0.25) is 0 Å². The van der Waals surface area contributed by atoms with Crippen molar-refractivity contribution in [3.8, 4) is 0 Å². The van der Waals surface area contributed by atoms with Crippen LogP contribution in [0.3, 0.4) is 0 Å². The van der Waals surface area contributed by atoms with E-state index >= 15 is 0 Å². The van der Waals surface area contributed by atoms with Gasteiger partial charge in [0.15, 0.2) is 0 Å². The van der Waals surface area contributed by atoms with Gasteiger partial charge in [-0.25, -0.2) is 0 Å². The summed E-state index contributed by atoms with van der Waals surface area (Å²) in [5.74, 6) is 0. The zero-order chi connectivity index (χ0) is 15.2. The van der Waals surface area contributed by atoms with Crippen LogP contribution in [-0.2, 0) is 6.54 Å². The van der Waals surface area contributed by atoms with Gasteiger partial charge in [-0.1, -0.05) is 42.8 Å². The molecule has 1 heterocycles. The van der Waals surface area contributed by atoms with E-state index in [1.165, 1.54) is 11.1 Å². The topological polar surface area (TPSA) is 42.1 Å². The SMILES string of the molecule is CCC(N)C(c1ccccn1)N(C)Cc1cccc(C)c1. The van der Waals surface area contributed by atoms with Crippen molar-refractivity contribution in [2.45, 2.75) is 38.9 Å². The Morgan fingerprint density at radius 2 is 2.00 bits per heavy atom. The lowest BCUT2D eigenvalue weighted by molar-refractivity contribution is 0.197. The van der Waals surface area contributed by atoms with E-state index in [0.29, 0.717) is 0 Å². The molecule has 2 atom stereocenters. The van der Waals surface area contributed by atoms with E-state index in [0.717, 1.165) is 18.7 Å². The van der Waals surface area contributed by atoms with E-state index in [1.54, 1.807) is 0 Å². The maximum atomic E-state index is 6.35. The summed E-state index contributed by atoms with van der Waals surface area (Å²) in [4.78, 5) is 6.80. The molecule has 0 aliphatic heterocycles. The molecule has 2 rings (SSSR count). The number of nitrogens with zero attached hydrogens (tertiary/aromatic N) is 2. The van der Waals surface area contributed by atoms with Gasteiger partial charge in [0.05, 0.1) is 11.7 Å². The van der Waals surface area contributed by atoms with Crippen molar-refractivity contribution in [1.29, 1.82) is 0 Å². The van der Waals surface area contributed by atoms with E-state index in [1.807, 2.05) is 18.3 Å². The first-order valence-electron chi connectivity index (χ1n) is 7.54. The zero-order valence-corrected chi connectivity index (χ0v) is 13.2. The molecule has 0 radical (unpaired) electrons. The highest BCUT2D eigenvalue weighted by atomic mass is 15.2. The number of pyridine rings is 1. The molecule has 0 saturated heterocycles. The summed E-state index contributed by atoms with van der Waals surface area (Å²) in [6.45, 7) is 5.12. The molecule has 2 N–H and O–H groups in total. The lowest BCUT2D eigenvalue weighted by atomic mass is 10.00. The molecule has 2 aromatic rings. The Bertz CT molecular complexity index is 553. The van der Waals surface area contributed by atoms with Crippen LogP contribution >= 0.6 is 0 Å². The van der Waals surface area contributed by atoms with Gasteiger partial charge in [-0.05, 0) is 38.1 Å². The molecule has 0 fully saturated rings. The smallest absolute Gasteiger partial charge is 0.0673 e. The lowest BCUT2D eigenvalue weighted by Crippen LogP contribution is -2.39. The van der Waals surface area contributed by atoms with Crippen LogP contribution in [0.15, 0.2) is 48.7 Å². The Morgan fingerprint density at radius 3 is 2.62 bits per heavy atom. The number of hydrogen-bond acceptors (Lipinski definition) is 3. The number of nitrogens with two attached hydrogens (primary N) is 1. The molecule has 0 spiro atoms. The second-order valence-electron chi connectivity index (χ2n) is 5.68. The summed E-state index contributed by atoms with van der Waals surface area (Å²) in [6.07, 6.45) is 2.77. The Balaban J connectivity index is 2.20. The van der Waals surface area contributed by atoms with Crippen molar-refractivity contribution in [2.24, 2.45) is 5.73 Å². The van der Waals surface area contributed by atoms with Gasteiger partial charge in [0.2, 0.25) is 0 Å². The van der Waals surface area contributed by atoms with E-state index in [4.69, 9.17) is 5.73 Å². The number of likely N-dealkylation sites (N-methyl/N-ethyl adjacent to an activating group) is 1. The van der Waals surface area contributed by atoms with Crippen LogP contribution in [0.5, 0.6) is 0 Å². The molecule has 21 heavy (non-hydrogen) atoms. The first-order chi connectivity index (χ1) is 10.1. The predicted molar refractivity (Wildman–Crippen MR) is 87.9 cm³/mol. The van der Waals surface area contributed by atoms with Crippen molar-refractivity contribution in [1.82, 2.24) is 9.88 Å². The molecule has 1 aromatic heterocycles. The highest BCUT2D eigenvalue weighted by molar-refractivity contribution is 5.22. The zero-order valence-electron chi connectivity index (χ0n) is 13.2. The Kier molecular flexibility index (Phi) is 5.48. The minimum atomic E-state index is 0.0784. The lowest BCUT2D eigenvalue weighted by Gasteiger charge is -2.32. The molecule has 0 bridgehead atoms. The summed E-state index contributed by atoms with van der Waals surface area (Å²) in [6, 6.07) is 14.9. The first-order valence-corrected chi connectivity index (χ1v) is 7.54. The Hall–Kier alpha value is -1.71. The maximum Gasteiger partial charge on any atom is 0.0673 e. The number of benzene rings is 1. The Labute approximate surface area is 127 Å². The van der Waals surface area contributed by atoms with E-state index in [2.05, 4.69) is 61.1 Å². The fourth-order valence-electron chi connectivity index (χ4n) is 2.74. The molecular weight excluding hydrogens is 258 g/mol. The minimum Gasteiger partial charge on any atom is -0.326 e. The molecule has 0 aliphatic rings. The van der Waals surface area contributed by atoms with Gasteiger partial charge in [-0.3, -0.25) is 9.88 Å². The third-order valence-electron chi connectivity index (χ3n) is 3.86. The van der Waals surface area contributed by atoms with Crippen LogP contribution in [-0.4, -0.2) is 23.0 Å². The molecule has 2 unspecified atom stereocenters.